The zero-order chi connectivity index (χ0) is 23.1. The molecule has 0 saturated heterocycles. The van der Waals surface area contributed by atoms with E-state index in [4.69, 9.17) is 0 Å². The number of carbonyl (C=O) groups excluding carboxylic acids is 1. The Morgan fingerprint density at radius 1 is 1.06 bits per heavy atom. The largest absolute Gasteiger partial charge is 0.360 e. The van der Waals surface area contributed by atoms with Gasteiger partial charge in [-0.3, -0.25) is 9.80 Å². The SMILES string of the molecule is CN(C)c1nn2c(c1C#N)N(Cc1ccccc1)NC(c1ccccc1)(C(C)(C)C)C2=O. The summed E-state index contributed by atoms with van der Waals surface area (Å²) in [5.74, 6) is 0.717. The predicted octanol–water partition coefficient (Wildman–Crippen LogP) is 3.93. The molecule has 7 heteroatoms. The molecular weight excluding hydrogens is 400 g/mol. The molecule has 32 heavy (non-hydrogen) atoms. The number of rotatable bonds is 4. The summed E-state index contributed by atoms with van der Waals surface area (Å²) in [7, 11) is 3.64. The second-order valence-electron chi connectivity index (χ2n) is 9.29. The van der Waals surface area contributed by atoms with Crippen molar-refractivity contribution in [2.45, 2.75) is 32.9 Å². The van der Waals surface area contributed by atoms with Gasteiger partial charge in [-0.25, -0.2) is 5.43 Å². The van der Waals surface area contributed by atoms with Gasteiger partial charge in [0.05, 0.1) is 6.54 Å². The summed E-state index contributed by atoms with van der Waals surface area (Å²) in [4.78, 5) is 15.9. The van der Waals surface area contributed by atoms with Crippen molar-refractivity contribution < 1.29 is 4.79 Å². The normalized spacial score (nSPS) is 18.2. The summed E-state index contributed by atoms with van der Waals surface area (Å²) in [6, 6.07) is 22.0. The zero-order valence-electron chi connectivity index (χ0n) is 19.1. The molecule has 1 atom stereocenters. The zero-order valence-corrected chi connectivity index (χ0v) is 19.1. The van der Waals surface area contributed by atoms with Crippen LogP contribution in [0.2, 0.25) is 0 Å². The highest BCUT2D eigenvalue weighted by atomic mass is 16.2. The Bertz CT molecular complexity index is 1170. The fourth-order valence-corrected chi connectivity index (χ4v) is 4.34. The van der Waals surface area contributed by atoms with Crippen LogP contribution in [0.3, 0.4) is 0 Å². The van der Waals surface area contributed by atoms with E-state index in [2.05, 4.69) is 16.6 Å². The number of hydrogen-bond acceptors (Lipinski definition) is 6. The van der Waals surface area contributed by atoms with Crippen molar-refractivity contribution in [3.63, 3.8) is 0 Å². The summed E-state index contributed by atoms with van der Waals surface area (Å²) < 4.78 is 1.41. The maximum absolute atomic E-state index is 14.2. The smallest absolute Gasteiger partial charge is 0.276 e. The van der Waals surface area contributed by atoms with Crippen molar-refractivity contribution in [2.75, 3.05) is 24.0 Å². The molecule has 0 aliphatic carbocycles. The molecule has 0 fully saturated rings. The highest BCUT2D eigenvalue weighted by Gasteiger charge is 2.56. The van der Waals surface area contributed by atoms with E-state index in [-0.39, 0.29) is 5.91 Å². The summed E-state index contributed by atoms with van der Waals surface area (Å²) >= 11 is 0. The molecule has 0 amide bonds. The number of hydrogen-bond donors (Lipinski definition) is 1. The first-order chi connectivity index (χ1) is 15.2. The minimum atomic E-state index is -1.08. The van der Waals surface area contributed by atoms with Crippen LogP contribution in [-0.4, -0.2) is 29.8 Å². The third-order valence-corrected chi connectivity index (χ3v) is 5.96. The monoisotopic (exact) mass is 428 g/mol. The molecule has 1 aliphatic heterocycles. The molecule has 0 bridgehead atoms. The summed E-state index contributed by atoms with van der Waals surface area (Å²) in [5.41, 5.74) is 4.23. The van der Waals surface area contributed by atoms with Gasteiger partial charge in [-0.2, -0.15) is 9.94 Å². The van der Waals surface area contributed by atoms with Crippen LogP contribution in [0.1, 0.15) is 42.3 Å². The number of nitrogens with zero attached hydrogens (tertiary/aromatic N) is 5. The average molecular weight is 429 g/mol. The summed E-state index contributed by atoms with van der Waals surface area (Å²) in [5, 5.41) is 16.5. The van der Waals surface area contributed by atoms with E-state index in [1.165, 1.54) is 4.68 Å². The average Bonchev–Trinajstić information content (AvgIpc) is 3.17. The summed E-state index contributed by atoms with van der Waals surface area (Å²) in [6.07, 6.45) is 0. The Balaban J connectivity index is 2.00. The number of fused-ring (bicyclic) bond motifs is 1. The Kier molecular flexibility index (Phi) is 5.27. The van der Waals surface area contributed by atoms with Crippen LogP contribution in [0.4, 0.5) is 11.6 Å². The van der Waals surface area contributed by atoms with Gasteiger partial charge in [-0.05, 0) is 16.5 Å². The Labute approximate surface area is 188 Å². The number of nitriles is 1. The van der Waals surface area contributed by atoms with Crippen molar-refractivity contribution >= 4 is 17.5 Å². The van der Waals surface area contributed by atoms with Gasteiger partial charge in [-0.15, -0.1) is 5.10 Å². The van der Waals surface area contributed by atoms with Crippen molar-refractivity contribution in [1.29, 1.82) is 5.26 Å². The van der Waals surface area contributed by atoms with Crippen LogP contribution in [-0.2, 0) is 12.1 Å². The van der Waals surface area contributed by atoms with Gasteiger partial charge in [0.25, 0.3) is 5.91 Å². The van der Waals surface area contributed by atoms with Crippen molar-refractivity contribution in [1.82, 2.24) is 15.2 Å². The van der Waals surface area contributed by atoms with Crippen molar-refractivity contribution in [3.8, 4) is 6.07 Å². The molecular formula is C25H28N6O. The van der Waals surface area contributed by atoms with E-state index in [9.17, 15) is 10.1 Å². The van der Waals surface area contributed by atoms with Gasteiger partial charge in [0, 0.05) is 14.1 Å². The fraction of sp³-hybridized carbons (Fsp3) is 0.320. The van der Waals surface area contributed by atoms with Crippen LogP contribution in [0.25, 0.3) is 0 Å². The maximum atomic E-state index is 14.2. The first-order valence-electron chi connectivity index (χ1n) is 10.6. The number of hydrazine groups is 1. The second kappa shape index (κ2) is 7.81. The lowest BCUT2D eigenvalue weighted by Crippen LogP contribution is -2.68. The lowest BCUT2D eigenvalue weighted by atomic mass is 9.68. The van der Waals surface area contributed by atoms with E-state index in [1.807, 2.05) is 101 Å². The van der Waals surface area contributed by atoms with Crippen LogP contribution in [0.15, 0.2) is 60.7 Å². The number of nitrogens with one attached hydrogen (secondary N) is 1. The van der Waals surface area contributed by atoms with Gasteiger partial charge < -0.3 is 4.90 Å². The molecule has 3 aromatic rings. The number of benzene rings is 2. The van der Waals surface area contributed by atoms with Gasteiger partial charge >= 0.3 is 0 Å². The highest BCUT2D eigenvalue weighted by molar-refractivity contribution is 5.96. The molecule has 7 nitrogen and oxygen atoms in total. The first-order valence-corrected chi connectivity index (χ1v) is 10.6. The Hall–Kier alpha value is -3.63. The molecule has 1 aromatic heterocycles. The van der Waals surface area contributed by atoms with Gasteiger partial charge in [0.1, 0.15) is 17.2 Å². The molecule has 1 N–H and O–H groups in total. The predicted molar refractivity (Wildman–Crippen MR) is 125 cm³/mol. The fourth-order valence-electron chi connectivity index (χ4n) is 4.34. The first kappa shape index (κ1) is 21.6. The number of anilines is 2. The third kappa shape index (κ3) is 3.24. The molecule has 0 radical (unpaired) electrons. The molecule has 2 heterocycles. The lowest BCUT2D eigenvalue weighted by Gasteiger charge is -2.50. The Morgan fingerprint density at radius 3 is 2.19 bits per heavy atom. The summed E-state index contributed by atoms with van der Waals surface area (Å²) in [6.45, 7) is 6.58. The van der Waals surface area contributed by atoms with E-state index in [1.54, 1.807) is 4.90 Å². The number of aromatic nitrogens is 2. The standard InChI is InChI=1S/C25H28N6O/c1-24(2,3)25(19-14-10-7-11-15-19)23(32)31-22(20(16-26)21(27-31)29(4)5)30(28-25)17-18-12-8-6-9-13-18/h6-15,28H,17H2,1-5H3. The van der Waals surface area contributed by atoms with Gasteiger partial charge in [-0.1, -0.05) is 81.4 Å². The van der Waals surface area contributed by atoms with Crippen LogP contribution >= 0.6 is 0 Å². The number of carbonyl (C=O) groups is 1. The van der Waals surface area contributed by atoms with E-state index >= 15 is 0 Å². The second-order valence-corrected chi connectivity index (χ2v) is 9.29. The van der Waals surface area contributed by atoms with Gasteiger partial charge in [0.15, 0.2) is 11.6 Å². The quantitative estimate of drug-likeness (QED) is 0.679. The van der Waals surface area contributed by atoms with Gasteiger partial charge in [0.2, 0.25) is 0 Å². The van der Waals surface area contributed by atoms with Crippen LogP contribution in [0.5, 0.6) is 0 Å². The molecule has 1 unspecified atom stereocenters. The Morgan fingerprint density at radius 2 is 1.66 bits per heavy atom. The third-order valence-electron chi connectivity index (χ3n) is 5.96. The van der Waals surface area contributed by atoms with Crippen molar-refractivity contribution in [3.05, 3.63) is 77.4 Å². The minimum absolute atomic E-state index is 0.208. The molecule has 4 rings (SSSR count). The molecule has 164 valence electrons. The molecule has 0 spiro atoms. The molecule has 0 saturated carbocycles. The van der Waals surface area contributed by atoms with E-state index in [0.717, 1.165) is 11.1 Å². The van der Waals surface area contributed by atoms with E-state index < -0.39 is 11.0 Å². The minimum Gasteiger partial charge on any atom is -0.360 e. The van der Waals surface area contributed by atoms with Crippen LogP contribution in [0, 0.1) is 16.7 Å². The van der Waals surface area contributed by atoms with E-state index in [0.29, 0.717) is 23.7 Å². The molecule has 1 aliphatic rings. The lowest BCUT2D eigenvalue weighted by molar-refractivity contribution is 0.0474. The van der Waals surface area contributed by atoms with Crippen LogP contribution < -0.4 is 15.3 Å². The topological polar surface area (TPSA) is 77.2 Å². The van der Waals surface area contributed by atoms with Crippen molar-refractivity contribution in [2.24, 2.45) is 5.41 Å². The maximum Gasteiger partial charge on any atom is 0.276 e. The molecule has 2 aromatic carbocycles. The highest BCUT2D eigenvalue weighted by Crippen LogP contribution is 2.46.